The molecule has 0 atom stereocenters. The maximum atomic E-state index is 13.8. The molecule has 1 aromatic carbocycles. The van der Waals surface area contributed by atoms with E-state index in [2.05, 4.69) is 5.32 Å². The molecule has 1 N–H and O–H groups in total. The van der Waals surface area contributed by atoms with E-state index in [-0.39, 0.29) is 17.2 Å². The molecule has 1 aliphatic rings. The zero-order valence-corrected chi connectivity index (χ0v) is 12.5. The van der Waals surface area contributed by atoms with Crippen LogP contribution in [0.5, 0.6) is 0 Å². The van der Waals surface area contributed by atoms with Gasteiger partial charge in [0.25, 0.3) is 5.91 Å². The van der Waals surface area contributed by atoms with Crippen LogP contribution in [0.2, 0.25) is 0 Å². The van der Waals surface area contributed by atoms with Gasteiger partial charge in [0.05, 0.1) is 11.3 Å². The van der Waals surface area contributed by atoms with E-state index in [1.165, 1.54) is 12.1 Å². The van der Waals surface area contributed by atoms with Gasteiger partial charge in [0.15, 0.2) is 11.5 Å². The van der Waals surface area contributed by atoms with Gasteiger partial charge in [0.2, 0.25) is 0 Å². The number of benzene rings is 1. The minimum Gasteiger partial charge on any atom is -0.455 e. The maximum absolute atomic E-state index is 13.8. The van der Waals surface area contributed by atoms with Gasteiger partial charge < -0.3 is 9.73 Å². The van der Waals surface area contributed by atoms with Crippen molar-refractivity contribution >= 4 is 17.4 Å². The van der Waals surface area contributed by atoms with Crippen molar-refractivity contribution < 1.29 is 18.4 Å². The molecule has 114 valence electrons. The highest BCUT2D eigenvalue weighted by atomic mass is 19.1. The van der Waals surface area contributed by atoms with E-state index in [4.69, 9.17) is 4.42 Å². The molecule has 0 aliphatic heterocycles. The lowest BCUT2D eigenvalue weighted by molar-refractivity contribution is 0.0963. The van der Waals surface area contributed by atoms with Crippen LogP contribution in [0.4, 0.5) is 10.1 Å². The predicted molar refractivity (Wildman–Crippen MR) is 79.8 cm³/mol. The van der Waals surface area contributed by atoms with Crippen molar-refractivity contribution in [1.82, 2.24) is 0 Å². The summed E-state index contributed by atoms with van der Waals surface area (Å²) >= 11 is 0. The van der Waals surface area contributed by atoms with Crippen molar-refractivity contribution in [1.29, 1.82) is 0 Å². The fourth-order valence-electron chi connectivity index (χ4n) is 2.77. The number of hydrogen-bond acceptors (Lipinski definition) is 3. The third-order valence-corrected chi connectivity index (χ3v) is 3.89. The van der Waals surface area contributed by atoms with Crippen molar-refractivity contribution in [3.63, 3.8) is 0 Å². The number of furan rings is 1. The normalized spacial score (nSPS) is 13.9. The summed E-state index contributed by atoms with van der Waals surface area (Å²) in [4.78, 5) is 24.3. The fourth-order valence-corrected chi connectivity index (χ4v) is 2.77. The minimum absolute atomic E-state index is 0.00284. The van der Waals surface area contributed by atoms with Crippen LogP contribution in [0.15, 0.2) is 22.6 Å². The average Bonchev–Trinajstić information content (AvgIpc) is 2.80. The van der Waals surface area contributed by atoms with E-state index in [1.807, 2.05) is 0 Å². The van der Waals surface area contributed by atoms with Crippen LogP contribution >= 0.6 is 0 Å². The third-order valence-electron chi connectivity index (χ3n) is 3.89. The van der Waals surface area contributed by atoms with Gasteiger partial charge in [0.1, 0.15) is 11.6 Å². The monoisotopic (exact) mass is 301 g/mol. The summed E-state index contributed by atoms with van der Waals surface area (Å²) < 4.78 is 19.4. The molecular formula is C17H16FNO3. The lowest BCUT2D eigenvalue weighted by Gasteiger charge is -2.07. The summed E-state index contributed by atoms with van der Waals surface area (Å²) in [5.74, 6) is -0.396. The molecule has 1 aliphatic carbocycles. The van der Waals surface area contributed by atoms with Crippen LogP contribution in [-0.2, 0) is 6.42 Å². The average molecular weight is 301 g/mol. The number of carbonyl (C=O) groups is 2. The van der Waals surface area contributed by atoms with Crippen LogP contribution in [0.25, 0.3) is 0 Å². The molecule has 0 fully saturated rings. The van der Waals surface area contributed by atoms with Gasteiger partial charge in [-0.3, -0.25) is 9.59 Å². The summed E-state index contributed by atoms with van der Waals surface area (Å²) in [5.41, 5.74) is 1.91. The lowest BCUT2D eigenvalue weighted by Crippen LogP contribution is -2.14. The molecule has 0 radical (unpaired) electrons. The van der Waals surface area contributed by atoms with E-state index >= 15 is 0 Å². The number of carbonyl (C=O) groups excluding carboxylic acids is 2. The SMILES string of the molecule is Cc1ccc(NC(=O)c2oc3c(c2C)C(=O)CCC3)c(F)c1. The molecule has 1 heterocycles. The van der Waals surface area contributed by atoms with Gasteiger partial charge in [-0.15, -0.1) is 0 Å². The zero-order chi connectivity index (χ0) is 15.9. The Kier molecular flexibility index (Phi) is 3.56. The maximum Gasteiger partial charge on any atom is 0.291 e. The number of fused-ring (bicyclic) bond motifs is 1. The van der Waals surface area contributed by atoms with Crippen molar-refractivity contribution in [3.05, 3.63) is 52.2 Å². The number of anilines is 1. The standard InChI is InChI=1S/C17H16FNO3/c1-9-6-7-12(11(18)8-9)19-17(21)16-10(2)15-13(20)4-3-5-14(15)22-16/h6-8H,3-5H2,1-2H3,(H,19,21). The smallest absolute Gasteiger partial charge is 0.291 e. The first-order valence-corrected chi connectivity index (χ1v) is 7.20. The van der Waals surface area contributed by atoms with Crippen LogP contribution in [0.1, 0.15) is 50.6 Å². The van der Waals surface area contributed by atoms with Crippen LogP contribution in [-0.4, -0.2) is 11.7 Å². The Labute approximate surface area is 127 Å². The molecule has 3 rings (SSSR count). The number of rotatable bonds is 2. The largest absolute Gasteiger partial charge is 0.455 e. The number of nitrogens with one attached hydrogen (secondary N) is 1. The molecule has 0 unspecified atom stereocenters. The molecule has 2 aromatic rings. The lowest BCUT2D eigenvalue weighted by atomic mass is 9.94. The van der Waals surface area contributed by atoms with Crippen molar-refractivity contribution in [2.75, 3.05) is 5.32 Å². The van der Waals surface area contributed by atoms with Gasteiger partial charge in [-0.05, 0) is 38.0 Å². The Balaban J connectivity index is 1.91. The molecule has 5 heteroatoms. The van der Waals surface area contributed by atoms with Gasteiger partial charge in [-0.2, -0.15) is 0 Å². The quantitative estimate of drug-likeness (QED) is 0.917. The van der Waals surface area contributed by atoms with Crippen LogP contribution in [0.3, 0.4) is 0 Å². The highest BCUT2D eigenvalue weighted by Gasteiger charge is 2.29. The highest BCUT2D eigenvalue weighted by Crippen LogP contribution is 2.30. The number of hydrogen-bond donors (Lipinski definition) is 1. The zero-order valence-electron chi connectivity index (χ0n) is 12.5. The molecule has 1 aromatic heterocycles. The second kappa shape index (κ2) is 5.40. The van der Waals surface area contributed by atoms with Crippen molar-refractivity contribution in [3.8, 4) is 0 Å². The van der Waals surface area contributed by atoms with Gasteiger partial charge in [-0.1, -0.05) is 6.07 Å². The molecular weight excluding hydrogens is 285 g/mol. The Morgan fingerprint density at radius 1 is 1.27 bits per heavy atom. The van der Waals surface area contributed by atoms with E-state index in [9.17, 15) is 14.0 Å². The van der Waals surface area contributed by atoms with E-state index < -0.39 is 11.7 Å². The number of amides is 1. The Morgan fingerprint density at radius 2 is 2.05 bits per heavy atom. The number of ketones is 1. The van der Waals surface area contributed by atoms with Gasteiger partial charge in [0, 0.05) is 18.4 Å². The number of aryl methyl sites for hydroxylation is 2. The molecule has 1 amide bonds. The Morgan fingerprint density at radius 3 is 2.73 bits per heavy atom. The van der Waals surface area contributed by atoms with Gasteiger partial charge in [-0.25, -0.2) is 4.39 Å². The van der Waals surface area contributed by atoms with E-state index in [0.29, 0.717) is 29.7 Å². The second-order valence-corrected chi connectivity index (χ2v) is 5.57. The molecule has 0 spiro atoms. The second-order valence-electron chi connectivity index (χ2n) is 5.57. The summed E-state index contributed by atoms with van der Waals surface area (Å²) in [6, 6.07) is 4.56. The summed E-state index contributed by atoms with van der Waals surface area (Å²) in [7, 11) is 0. The number of Topliss-reactive ketones (excluding diaryl/α,β-unsaturated/α-hetero) is 1. The van der Waals surface area contributed by atoms with Gasteiger partial charge >= 0.3 is 0 Å². The van der Waals surface area contributed by atoms with E-state index in [0.717, 1.165) is 12.0 Å². The predicted octanol–water partition coefficient (Wildman–Crippen LogP) is 3.81. The van der Waals surface area contributed by atoms with Crippen molar-refractivity contribution in [2.45, 2.75) is 33.1 Å². The molecule has 22 heavy (non-hydrogen) atoms. The molecule has 0 saturated heterocycles. The molecule has 0 saturated carbocycles. The Hall–Kier alpha value is -2.43. The van der Waals surface area contributed by atoms with Crippen LogP contribution < -0.4 is 5.32 Å². The fraction of sp³-hybridized carbons (Fsp3) is 0.294. The molecule has 0 bridgehead atoms. The summed E-state index contributed by atoms with van der Waals surface area (Å²) in [5, 5.41) is 2.50. The third kappa shape index (κ3) is 2.43. The van der Waals surface area contributed by atoms with E-state index in [1.54, 1.807) is 19.9 Å². The van der Waals surface area contributed by atoms with Crippen LogP contribution in [0, 0.1) is 19.7 Å². The first kappa shape index (κ1) is 14.5. The Bertz CT molecular complexity index is 776. The first-order valence-electron chi connectivity index (χ1n) is 7.20. The topological polar surface area (TPSA) is 59.3 Å². The minimum atomic E-state index is -0.539. The summed E-state index contributed by atoms with van der Waals surface area (Å²) in [6.45, 7) is 3.46. The summed E-state index contributed by atoms with van der Waals surface area (Å²) in [6.07, 6.45) is 1.85. The highest BCUT2D eigenvalue weighted by molar-refractivity contribution is 6.07. The molecule has 4 nitrogen and oxygen atoms in total. The first-order chi connectivity index (χ1) is 10.5. The number of halogens is 1. The van der Waals surface area contributed by atoms with Crippen molar-refractivity contribution in [2.24, 2.45) is 0 Å².